The Morgan fingerprint density at radius 2 is 1.89 bits per heavy atom. The summed E-state index contributed by atoms with van der Waals surface area (Å²) >= 11 is 0. The molecule has 1 aromatic rings. The Morgan fingerprint density at radius 1 is 1.22 bits per heavy atom. The highest BCUT2D eigenvalue weighted by atomic mass is 16.5. The number of carbonyl (C=O) groups excluding carboxylic acids is 2. The molecule has 0 fully saturated rings. The fourth-order valence-electron chi connectivity index (χ4n) is 1.68. The number of para-hydroxylation sites is 1. The van der Waals surface area contributed by atoms with Crippen LogP contribution in [0.5, 0.6) is 5.75 Å². The summed E-state index contributed by atoms with van der Waals surface area (Å²) in [5.74, 6) is 0.387. The number of amides is 2. The van der Waals surface area contributed by atoms with Crippen LogP contribution in [0.15, 0.2) is 24.3 Å². The SMILES string of the molecule is COc1ccccc1[C@H](CNC(C)=O)NC(C)=O. The molecule has 0 aromatic heterocycles. The van der Waals surface area contributed by atoms with Gasteiger partial charge in [0.2, 0.25) is 11.8 Å². The lowest BCUT2D eigenvalue weighted by Crippen LogP contribution is -2.36. The van der Waals surface area contributed by atoms with E-state index in [0.29, 0.717) is 12.3 Å². The Hall–Kier alpha value is -2.04. The summed E-state index contributed by atoms with van der Waals surface area (Å²) in [7, 11) is 1.57. The third-order valence-corrected chi connectivity index (χ3v) is 2.45. The van der Waals surface area contributed by atoms with E-state index in [0.717, 1.165) is 5.56 Å². The van der Waals surface area contributed by atoms with Gasteiger partial charge in [-0.15, -0.1) is 0 Å². The summed E-state index contributed by atoms with van der Waals surface area (Å²) in [6, 6.07) is 7.09. The Bertz CT molecular complexity index is 432. The third kappa shape index (κ3) is 4.08. The largest absolute Gasteiger partial charge is 0.496 e. The van der Waals surface area contributed by atoms with Crippen LogP contribution in [0.1, 0.15) is 25.5 Å². The molecule has 18 heavy (non-hydrogen) atoms. The Morgan fingerprint density at radius 3 is 2.44 bits per heavy atom. The summed E-state index contributed by atoms with van der Waals surface area (Å²) in [4.78, 5) is 22.2. The van der Waals surface area contributed by atoms with Gasteiger partial charge in [0.05, 0.1) is 13.2 Å². The molecule has 0 aliphatic carbocycles. The molecule has 0 saturated heterocycles. The smallest absolute Gasteiger partial charge is 0.217 e. The van der Waals surface area contributed by atoms with Crippen LogP contribution in [0.25, 0.3) is 0 Å². The van der Waals surface area contributed by atoms with Crippen molar-refractivity contribution in [1.29, 1.82) is 0 Å². The quantitative estimate of drug-likeness (QED) is 0.819. The number of nitrogens with one attached hydrogen (secondary N) is 2. The molecular formula is C13H18N2O3. The number of hydrogen-bond acceptors (Lipinski definition) is 3. The van der Waals surface area contributed by atoms with Gasteiger partial charge in [-0.05, 0) is 6.07 Å². The zero-order valence-corrected chi connectivity index (χ0v) is 10.8. The molecule has 2 N–H and O–H groups in total. The normalized spacial score (nSPS) is 11.5. The third-order valence-electron chi connectivity index (χ3n) is 2.45. The maximum absolute atomic E-state index is 11.2. The van der Waals surface area contributed by atoms with E-state index < -0.39 is 0 Å². The average Bonchev–Trinajstić information content (AvgIpc) is 2.33. The van der Waals surface area contributed by atoms with Crippen LogP contribution < -0.4 is 15.4 Å². The highest BCUT2D eigenvalue weighted by Crippen LogP contribution is 2.24. The number of hydrogen-bond donors (Lipinski definition) is 2. The van der Waals surface area contributed by atoms with Gasteiger partial charge in [0.25, 0.3) is 0 Å². The van der Waals surface area contributed by atoms with Crippen LogP contribution in [0.4, 0.5) is 0 Å². The van der Waals surface area contributed by atoms with E-state index in [9.17, 15) is 9.59 Å². The molecule has 2 amide bonds. The number of ether oxygens (including phenoxy) is 1. The second-order valence-electron chi connectivity index (χ2n) is 3.93. The molecule has 0 heterocycles. The predicted octanol–water partition coefficient (Wildman–Crippen LogP) is 1.01. The van der Waals surface area contributed by atoms with E-state index in [1.165, 1.54) is 13.8 Å². The van der Waals surface area contributed by atoms with Crippen molar-refractivity contribution in [1.82, 2.24) is 10.6 Å². The summed E-state index contributed by atoms with van der Waals surface area (Å²) in [5.41, 5.74) is 0.837. The van der Waals surface area contributed by atoms with E-state index in [-0.39, 0.29) is 17.9 Å². The molecular weight excluding hydrogens is 232 g/mol. The molecule has 0 saturated carbocycles. The number of carbonyl (C=O) groups is 2. The Labute approximate surface area is 107 Å². The van der Waals surface area contributed by atoms with E-state index in [4.69, 9.17) is 4.74 Å². The van der Waals surface area contributed by atoms with Gasteiger partial charge in [-0.1, -0.05) is 18.2 Å². The minimum absolute atomic E-state index is 0.139. The molecule has 0 radical (unpaired) electrons. The van der Waals surface area contributed by atoms with Crippen molar-refractivity contribution in [3.05, 3.63) is 29.8 Å². The van der Waals surface area contributed by atoms with E-state index in [2.05, 4.69) is 10.6 Å². The average molecular weight is 250 g/mol. The van der Waals surface area contributed by atoms with Crippen LogP contribution in [0.2, 0.25) is 0 Å². The molecule has 0 spiro atoms. The first-order chi connectivity index (χ1) is 8.54. The molecule has 98 valence electrons. The van der Waals surface area contributed by atoms with Gasteiger partial charge in [-0.25, -0.2) is 0 Å². The number of rotatable bonds is 5. The Balaban J connectivity index is 2.92. The van der Waals surface area contributed by atoms with Crippen LogP contribution in [-0.4, -0.2) is 25.5 Å². The lowest BCUT2D eigenvalue weighted by Gasteiger charge is -2.20. The molecule has 0 unspecified atom stereocenters. The van der Waals surface area contributed by atoms with Gasteiger partial charge in [-0.2, -0.15) is 0 Å². The number of methoxy groups -OCH3 is 1. The first-order valence-electron chi connectivity index (χ1n) is 5.69. The van der Waals surface area contributed by atoms with E-state index in [1.807, 2.05) is 24.3 Å². The predicted molar refractivity (Wildman–Crippen MR) is 68.2 cm³/mol. The molecule has 5 nitrogen and oxygen atoms in total. The summed E-state index contributed by atoms with van der Waals surface area (Å²) in [6.07, 6.45) is 0. The van der Waals surface area contributed by atoms with Crippen LogP contribution in [0, 0.1) is 0 Å². The van der Waals surface area contributed by atoms with Crippen molar-refractivity contribution in [2.24, 2.45) is 0 Å². The lowest BCUT2D eigenvalue weighted by molar-refractivity contribution is -0.121. The monoisotopic (exact) mass is 250 g/mol. The molecule has 0 bridgehead atoms. The molecule has 1 atom stereocenters. The van der Waals surface area contributed by atoms with Crippen molar-refractivity contribution >= 4 is 11.8 Å². The highest BCUT2D eigenvalue weighted by Gasteiger charge is 2.16. The second-order valence-corrected chi connectivity index (χ2v) is 3.93. The molecule has 1 rings (SSSR count). The molecule has 0 aliphatic heterocycles. The van der Waals surface area contributed by atoms with Gasteiger partial charge in [0.15, 0.2) is 0 Å². The fraction of sp³-hybridized carbons (Fsp3) is 0.385. The molecule has 1 aromatic carbocycles. The maximum Gasteiger partial charge on any atom is 0.217 e. The minimum atomic E-state index is -0.303. The van der Waals surface area contributed by atoms with Crippen LogP contribution in [0.3, 0.4) is 0 Å². The van der Waals surface area contributed by atoms with Crippen molar-refractivity contribution in [2.45, 2.75) is 19.9 Å². The fourth-order valence-corrected chi connectivity index (χ4v) is 1.68. The van der Waals surface area contributed by atoms with Crippen molar-refractivity contribution in [3.63, 3.8) is 0 Å². The van der Waals surface area contributed by atoms with Gasteiger partial charge in [-0.3, -0.25) is 9.59 Å². The molecule has 5 heteroatoms. The minimum Gasteiger partial charge on any atom is -0.496 e. The van der Waals surface area contributed by atoms with Crippen molar-refractivity contribution < 1.29 is 14.3 Å². The van der Waals surface area contributed by atoms with Gasteiger partial charge >= 0.3 is 0 Å². The summed E-state index contributed by atoms with van der Waals surface area (Å²) in [5, 5.41) is 5.48. The first-order valence-corrected chi connectivity index (χ1v) is 5.69. The van der Waals surface area contributed by atoms with Crippen LogP contribution >= 0.6 is 0 Å². The lowest BCUT2D eigenvalue weighted by atomic mass is 10.1. The zero-order chi connectivity index (χ0) is 13.5. The van der Waals surface area contributed by atoms with Crippen molar-refractivity contribution in [3.8, 4) is 5.75 Å². The molecule has 0 aliphatic rings. The summed E-state index contributed by atoms with van der Waals surface area (Å²) in [6.45, 7) is 3.21. The maximum atomic E-state index is 11.2. The Kier molecular flexibility index (Phi) is 5.17. The van der Waals surface area contributed by atoms with E-state index >= 15 is 0 Å². The summed E-state index contributed by atoms with van der Waals surface area (Å²) < 4.78 is 5.25. The van der Waals surface area contributed by atoms with Gasteiger partial charge < -0.3 is 15.4 Å². The van der Waals surface area contributed by atoms with Gasteiger partial charge in [0, 0.05) is 26.0 Å². The van der Waals surface area contributed by atoms with Crippen molar-refractivity contribution in [2.75, 3.05) is 13.7 Å². The van der Waals surface area contributed by atoms with E-state index in [1.54, 1.807) is 7.11 Å². The number of benzene rings is 1. The first kappa shape index (κ1) is 14.0. The van der Waals surface area contributed by atoms with Gasteiger partial charge in [0.1, 0.15) is 5.75 Å². The van der Waals surface area contributed by atoms with Crippen LogP contribution in [-0.2, 0) is 9.59 Å². The highest BCUT2D eigenvalue weighted by molar-refractivity contribution is 5.74. The second kappa shape index (κ2) is 6.64. The standard InChI is InChI=1S/C13H18N2O3/c1-9(16)14-8-12(15-10(2)17)11-6-4-5-7-13(11)18-3/h4-7,12H,8H2,1-3H3,(H,14,16)(H,15,17)/t12-/m0/s1. The zero-order valence-electron chi connectivity index (χ0n) is 10.8. The topological polar surface area (TPSA) is 67.4 Å².